The monoisotopic (exact) mass is 268 g/mol. The van der Waals surface area contributed by atoms with E-state index in [1.165, 1.54) is 6.33 Å². The third-order valence-electron chi connectivity index (χ3n) is 3.16. The largest absolute Gasteiger partial charge is 0.365 e. The van der Waals surface area contributed by atoms with E-state index in [0.29, 0.717) is 12.2 Å². The standard InChI is InChI=1S/C10H13N5O2S/c1-15-10-8(4-13-15)9(11-6-12-10)14-7-2-3-18(16,17)5-7/h4,6-7H,2-3,5H2,1H3,(H,11,12,13,14)/p+1/t7-/m1/s1. The van der Waals surface area contributed by atoms with Crippen LogP contribution in [0.1, 0.15) is 6.42 Å². The smallest absolute Gasteiger partial charge is 0.355 e. The van der Waals surface area contributed by atoms with Gasteiger partial charge >= 0.3 is 5.65 Å². The lowest BCUT2D eigenvalue weighted by atomic mass is 10.2. The minimum atomic E-state index is -2.88. The zero-order valence-corrected chi connectivity index (χ0v) is 10.7. The molecule has 1 atom stereocenters. The van der Waals surface area contributed by atoms with E-state index in [-0.39, 0.29) is 17.5 Å². The molecule has 0 saturated carbocycles. The summed E-state index contributed by atoms with van der Waals surface area (Å²) in [7, 11) is -1.02. The molecule has 1 aliphatic rings. The van der Waals surface area contributed by atoms with Crippen LogP contribution in [0, 0.1) is 0 Å². The third kappa shape index (κ3) is 1.92. The number of H-pyrrole nitrogens is 1. The summed E-state index contributed by atoms with van der Waals surface area (Å²) in [4.78, 5) is 8.35. The maximum Gasteiger partial charge on any atom is 0.355 e. The van der Waals surface area contributed by atoms with Crippen LogP contribution in [0.3, 0.4) is 0 Å². The first-order valence-electron chi connectivity index (χ1n) is 5.70. The molecule has 0 unspecified atom stereocenters. The number of hydrogen-bond donors (Lipinski definition) is 2. The molecular weight excluding hydrogens is 254 g/mol. The van der Waals surface area contributed by atoms with E-state index < -0.39 is 9.84 Å². The molecule has 1 fully saturated rings. The van der Waals surface area contributed by atoms with Gasteiger partial charge in [0.15, 0.2) is 9.84 Å². The molecule has 2 aromatic heterocycles. The molecule has 1 aliphatic heterocycles. The number of nitrogens with one attached hydrogen (secondary N) is 2. The predicted octanol–water partition coefficient (Wildman–Crippen LogP) is -0.619. The van der Waals surface area contributed by atoms with Crippen molar-refractivity contribution >= 4 is 26.7 Å². The Labute approximate surface area is 104 Å². The van der Waals surface area contributed by atoms with Crippen molar-refractivity contribution in [2.45, 2.75) is 12.5 Å². The molecule has 18 heavy (non-hydrogen) atoms. The average Bonchev–Trinajstić information content (AvgIpc) is 2.84. The highest BCUT2D eigenvalue weighted by Gasteiger charge is 2.29. The molecule has 8 heteroatoms. The van der Waals surface area contributed by atoms with Crippen molar-refractivity contribution in [2.24, 2.45) is 7.05 Å². The molecule has 3 heterocycles. The first-order chi connectivity index (χ1) is 8.55. The van der Waals surface area contributed by atoms with Gasteiger partial charge in [0.1, 0.15) is 18.3 Å². The summed E-state index contributed by atoms with van der Waals surface area (Å²) in [5.74, 6) is 1.11. The Morgan fingerprint density at radius 3 is 3.06 bits per heavy atom. The zero-order valence-electron chi connectivity index (χ0n) is 9.92. The summed E-state index contributed by atoms with van der Waals surface area (Å²) < 4.78 is 24.6. The van der Waals surface area contributed by atoms with Crippen LogP contribution < -0.4 is 10.00 Å². The number of sulfone groups is 1. The van der Waals surface area contributed by atoms with Crippen LogP contribution in [0.4, 0.5) is 5.82 Å². The van der Waals surface area contributed by atoms with E-state index in [1.807, 2.05) is 7.05 Å². The first-order valence-corrected chi connectivity index (χ1v) is 7.52. The molecule has 0 spiro atoms. The van der Waals surface area contributed by atoms with Crippen molar-refractivity contribution in [2.75, 3.05) is 16.8 Å². The van der Waals surface area contributed by atoms with Gasteiger partial charge in [0.05, 0.1) is 17.7 Å². The maximum atomic E-state index is 11.4. The third-order valence-corrected chi connectivity index (χ3v) is 4.92. The van der Waals surface area contributed by atoms with Crippen molar-refractivity contribution in [3.63, 3.8) is 0 Å². The van der Waals surface area contributed by atoms with E-state index in [9.17, 15) is 8.42 Å². The van der Waals surface area contributed by atoms with Gasteiger partial charge in [-0.2, -0.15) is 9.67 Å². The lowest BCUT2D eigenvalue weighted by Gasteiger charge is -2.10. The molecule has 0 aliphatic carbocycles. The van der Waals surface area contributed by atoms with Crippen molar-refractivity contribution in [3.05, 3.63) is 12.5 Å². The lowest BCUT2D eigenvalue weighted by molar-refractivity contribution is -0.704. The summed E-state index contributed by atoms with van der Waals surface area (Å²) in [6, 6.07) is -0.0618. The van der Waals surface area contributed by atoms with Gasteiger partial charge in [-0.3, -0.25) is 0 Å². The van der Waals surface area contributed by atoms with Crippen LogP contribution in [0.2, 0.25) is 0 Å². The van der Waals surface area contributed by atoms with Gasteiger partial charge in [0.2, 0.25) is 6.33 Å². The lowest BCUT2D eigenvalue weighted by Crippen LogP contribution is -2.30. The van der Waals surface area contributed by atoms with E-state index in [4.69, 9.17) is 0 Å². The molecular formula is C10H14N5O2S+. The summed E-state index contributed by atoms with van der Waals surface area (Å²) in [6.45, 7) is 0. The van der Waals surface area contributed by atoms with Crippen molar-refractivity contribution in [1.29, 1.82) is 0 Å². The Morgan fingerprint density at radius 1 is 1.50 bits per heavy atom. The number of fused-ring (bicyclic) bond motifs is 1. The highest BCUT2D eigenvalue weighted by Crippen LogP contribution is 2.20. The minimum absolute atomic E-state index is 0.0618. The van der Waals surface area contributed by atoms with Crippen LogP contribution in [0.25, 0.3) is 11.0 Å². The Balaban J connectivity index is 1.92. The number of rotatable bonds is 2. The van der Waals surface area contributed by atoms with Crippen molar-refractivity contribution in [3.8, 4) is 0 Å². The normalized spacial score (nSPS) is 22.4. The number of aromatic nitrogens is 4. The number of anilines is 1. The fourth-order valence-electron chi connectivity index (χ4n) is 2.23. The predicted molar refractivity (Wildman–Crippen MR) is 65.7 cm³/mol. The Morgan fingerprint density at radius 2 is 2.33 bits per heavy atom. The SMILES string of the molecule is C[n+]1[nH]cc2c(N[C@@H]3CCS(=O)(=O)C3)ncnc21. The van der Waals surface area contributed by atoms with Crippen LogP contribution in [0.15, 0.2) is 12.5 Å². The van der Waals surface area contributed by atoms with Crippen LogP contribution in [-0.2, 0) is 16.9 Å². The Kier molecular flexibility index (Phi) is 2.47. The fraction of sp³-hybridized carbons (Fsp3) is 0.500. The van der Waals surface area contributed by atoms with Gasteiger partial charge < -0.3 is 5.32 Å². The van der Waals surface area contributed by atoms with Gasteiger partial charge in [-0.15, -0.1) is 0 Å². The Hall–Kier alpha value is -1.70. The molecule has 96 valence electrons. The summed E-state index contributed by atoms with van der Waals surface area (Å²) in [5, 5.41) is 7.07. The molecule has 0 radical (unpaired) electrons. The topological polar surface area (TPSA) is 91.6 Å². The van der Waals surface area contributed by atoms with Gasteiger partial charge in [0.25, 0.3) is 0 Å². The van der Waals surface area contributed by atoms with Gasteiger partial charge in [-0.25, -0.2) is 13.5 Å². The molecule has 0 amide bonds. The van der Waals surface area contributed by atoms with Crippen LogP contribution in [-0.4, -0.2) is 41.0 Å². The second kappa shape index (κ2) is 3.91. The van der Waals surface area contributed by atoms with E-state index in [0.717, 1.165) is 11.0 Å². The second-order valence-electron chi connectivity index (χ2n) is 4.54. The first kappa shape index (κ1) is 11.4. The molecule has 2 aromatic rings. The molecule has 3 rings (SSSR count). The minimum Gasteiger partial charge on any atom is -0.365 e. The van der Waals surface area contributed by atoms with Crippen LogP contribution >= 0.6 is 0 Å². The molecule has 0 aromatic carbocycles. The van der Waals surface area contributed by atoms with Gasteiger partial charge in [-0.1, -0.05) is 0 Å². The number of hydrogen-bond acceptors (Lipinski definition) is 5. The highest BCUT2D eigenvalue weighted by molar-refractivity contribution is 7.91. The second-order valence-corrected chi connectivity index (χ2v) is 6.77. The van der Waals surface area contributed by atoms with E-state index in [2.05, 4.69) is 20.4 Å². The van der Waals surface area contributed by atoms with Crippen molar-refractivity contribution < 1.29 is 13.1 Å². The number of nitrogens with zero attached hydrogens (tertiary/aromatic N) is 3. The van der Waals surface area contributed by atoms with Gasteiger partial charge in [-0.05, 0) is 11.4 Å². The Bertz CT molecular complexity index is 693. The maximum absolute atomic E-state index is 11.4. The fourth-order valence-corrected chi connectivity index (χ4v) is 3.90. The number of aryl methyl sites for hydroxylation is 1. The van der Waals surface area contributed by atoms with Gasteiger partial charge in [0, 0.05) is 6.04 Å². The average molecular weight is 268 g/mol. The van der Waals surface area contributed by atoms with E-state index in [1.54, 1.807) is 10.9 Å². The highest BCUT2D eigenvalue weighted by atomic mass is 32.2. The number of aromatic amines is 1. The summed E-state index contributed by atoms with van der Waals surface area (Å²) in [6.07, 6.45) is 3.91. The quantitative estimate of drug-likeness (QED) is 0.708. The summed E-state index contributed by atoms with van der Waals surface area (Å²) >= 11 is 0. The molecule has 0 bridgehead atoms. The zero-order chi connectivity index (χ0) is 12.8. The molecule has 2 N–H and O–H groups in total. The van der Waals surface area contributed by atoms with Crippen molar-refractivity contribution in [1.82, 2.24) is 15.1 Å². The van der Waals surface area contributed by atoms with Crippen LogP contribution in [0.5, 0.6) is 0 Å². The molecule has 7 nitrogen and oxygen atoms in total. The van der Waals surface area contributed by atoms with E-state index >= 15 is 0 Å². The molecule has 1 saturated heterocycles. The summed E-state index contributed by atoms with van der Waals surface area (Å²) in [5.41, 5.74) is 0.786.